The SMILES string of the molecule is Cc1cnc(Nc2c(C(=O)NOC[C@H](O)CO)ccc(F)c2F)c(C)c1. The second-order valence-corrected chi connectivity index (χ2v) is 5.67. The van der Waals surface area contributed by atoms with E-state index in [0.717, 1.165) is 17.7 Å². The molecule has 0 aliphatic rings. The van der Waals surface area contributed by atoms with Gasteiger partial charge in [-0.3, -0.25) is 9.63 Å². The van der Waals surface area contributed by atoms with Crippen LogP contribution in [0.1, 0.15) is 21.5 Å². The smallest absolute Gasteiger partial charge is 0.277 e. The molecule has 1 heterocycles. The van der Waals surface area contributed by atoms with Crippen molar-refractivity contribution in [2.75, 3.05) is 18.5 Å². The van der Waals surface area contributed by atoms with Crippen molar-refractivity contribution in [2.45, 2.75) is 20.0 Å². The van der Waals surface area contributed by atoms with Gasteiger partial charge in [0.05, 0.1) is 17.9 Å². The quantitative estimate of drug-likeness (QED) is 0.556. The molecule has 0 aliphatic heterocycles. The first-order chi connectivity index (χ1) is 12.3. The molecule has 1 aromatic heterocycles. The van der Waals surface area contributed by atoms with Gasteiger partial charge in [0.1, 0.15) is 18.5 Å². The zero-order valence-corrected chi connectivity index (χ0v) is 14.2. The fraction of sp³-hybridized carbons (Fsp3) is 0.294. The topological polar surface area (TPSA) is 104 Å². The molecule has 4 N–H and O–H groups in total. The van der Waals surface area contributed by atoms with Crippen LogP contribution in [0.5, 0.6) is 0 Å². The lowest BCUT2D eigenvalue weighted by Gasteiger charge is -2.15. The van der Waals surface area contributed by atoms with Crippen molar-refractivity contribution in [1.82, 2.24) is 10.5 Å². The van der Waals surface area contributed by atoms with E-state index < -0.39 is 35.9 Å². The van der Waals surface area contributed by atoms with Gasteiger partial charge in [-0.05, 0) is 37.1 Å². The fourth-order valence-electron chi connectivity index (χ4n) is 2.14. The number of amides is 1. The standard InChI is InChI=1S/C17H19F2N3O4/c1-9-5-10(2)16(20-6-9)21-15-12(3-4-13(18)14(15)19)17(25)22-26-8-11(24)7-23/h3-6,11,23-24H,7-8H2,1-2H3,(H,20,21)(H,22,25)/t11-/m1/s1. The Morgan fingerprint density at radius 3 is 2.73 bits per heavy atom. The van der Waals surface area contributed by atoms with E-state index in [9.17, 15) is 13.6 Å². The summed E-state index contributed by atoms with van der Waals surface area (Å²) in [5.74, 6) is -2.97. The van der Waals surface area contributed by atoms with Gasteiger partial charge in [-0.15, -0.1) is 0 Å². The molecule has 0 saturated heterocycles. The van der Waals surface area contributed by atoms with Gasteiger partial charge < -0.3 is 15.5 Å². The van der Waals surface area contributed by atoms with Gasteiger partial charge in [0.2, 0.25) is 0 Å². The average Bonchev–Trinajstić information content (AvgIpc) is 2.60. The molecule has 2 aromatic rings. The van der Waals surface area contributed by atoms with Crippen LogP contribution in [0.2, 0.25) is 0 Å². The minimum Gasteiger partial charge on any atom is -0.394 e. The van der Waals surface area contributed by atoms with E-state index in [1.807, 2.05) is 12.4 Å². The van der Waals surface area contributed by atoms with Crippen LogP contribution in [0.3, 0.4) is 0 Å². The molecule has 1 amide bonds. The summed E-state index contributed by atoms with van der Waals surface area (Å²) in [4.78, 5) is 21.1. The van der Waals surface area contributed by atoms with Crippen molar-refractivity contribution in [3.05, 3.63) is 52.7 Å². The van der Waals surface area contributed by atoms with Gasteiger partial charge in [-0.25, -0.2) is 19.2 Å². The van der Waals surface area contributed by atoms with E-state index in [1.54, 1.807) is 19.2 Å². The lowest BCUT2D eigenvalue weighted by Crippen LogP contribution is -2.30. The van der Waals surface area contributed by atoms with Crippen molar-refractivity contribution in [3.63, 3.8) is 0 Å². The number of nitrogens with zero attached hydrogens (tertiary/aromatic N) is 1. The van der Waals surface area contributed by atoms with Gasteiger partial charge in [-0.1, -0.05) is 6.07 Å². The highest BCUT2D eigenvalue weighted by atomic mass is 19.2. The zero-order chi connectivity index (χ0) is 19.3. The van der Waals surface area contributed by atoms with Crippen molar-refractivity contribution in [2.24, 2.45) is 0 Å². The number of hydroxylamine groups is 1. The average molecular weight is 367 g/mol. The highest BCUT2D eigenvalue weighted by Gasteiger charge is 2.20. The number of nitrogens with one attached hydrogen (secondary N) is 2. The summed E-state index contributed by atoms with van der Waals surface area (Å²) in [5, 5.41) is 20.5. The molecule has 0 spiro atoms. The summed E-state index contributed by atoms with van der Waals surface area (Å²) in [6.07, 6.45) is 0.364. The van der Waals surface area contributed by atoms with E-state index in [-0.39, 0.29) is 18.0 Å². The van der Waals surface area contributed by atoms with Crippen molar-refractivity contribution in [3.8, 4) is 0 Å². The minimum atomic E-state index is -1.24. The van der Waals surface area contributed by atoms with Gasteiger partial charge in [0, 0.05) is 6.20 Å². The minimum absolute atomic E-state index is 0.218. The van der Waals surface area contributed by atoms with E-state index in [4.69, 9.17) is 15.1 Å². The molecule has 1 atom stereocenters. The summed E-state index contributed by atoms with van der Waals surface area (Å²) >= 11 is 0. The van der Waals surface area contributed by atoms with Crippen LogP contribution in [0.25, 0.3) is 0 Å². The van der Waals surface area contributed by atoms with Crippen LogP contribution in [-0.2, 0) is 4.84 Å². The summed E-state index contributed by atoms with van der Waals surface area (Å²) in [5.41, 5.74) is 2.96. The lowest BCUT2D eigenvalue weighted by atomic mass is 10.1. The van der Waals surface area contributed by atoms with E-state index in [2.05, 4.69) is 10.3 Å². The Hall–Kier alpha value is -2.62. The summed E-state index contributed by atoms with van der Waals surface area (Å²) in [6.45, 7) is 2.65. The van der Waals surface area contributed by atoms with Gasteiger partial charge in [0.15, 0.2) is 11.6 Å². The summed E-state index contributed by atoms with van der Waals surface area (Å²) < 4.78 is 27.9. The largest absolute Gasteiger partial charge is 0.394 e. The van der Waals surface area contributed by atoms with Crippen LogP contribution in [0.4, 0.5) is 20.3 Å². The van der Waals surface area contributed by atoms with Gasteiger partial charge in [-0.2, -0.15) is 0 Å². The molecular formula is C17H19F2N3O4. The number of hydrogen-bond acceptors (Lipinski definition) is 6. The van der Waals surface area contributed by atoms with Crippen LogP contribution >= 0.6 is 0 Å². The molecule has 0 aliphatic carbocycles. The number of aliphatic hydroxyl groups is 2. The van der Waals surface area contributed by atoms with Crippen molar-refractivity contribution >= 4 is 17.4 Å². The molecule has 1 aromatic carbocycles. The Balaban J connectivity index is 2.27. The zero-order valence-electron chi connectivity index (χ0n) is 14.2. The van der Waals surface area contributed by atoms with E-state index in [0.29, 0.717) is 5.56 Å². The number of rotatable bonds is 7. The maximum Gasteiger partial charge on any atom is 0.277 e. The maximum absolute atomic E-state index is 14.3. The van der Waals surface area contributed by atoms with Crippen LogP contribution in [0.15, 0.2) is 24.4 Å². The number of aliphatic hydroxyl groups excluding tert-OH is 2. The molecule has 0 radical (unpaired) electrons. The Morgan fingerprint density at radius 2 is 2.08 bits per heavy atom. The first-order valence-corrected chi connectivity index (χ1v) is 7.72. The molecule has 0 saturated carbocycles. The monoisotopic (exact) mass is 367 g/mol. The van der Waals surface area contributed by atoms with Gasteiger partial charge in [0.25, 0.3) is 5.91 Å². The molecule has 0 unspecified atom stereocenters. The predicted molar refractivity (Wildman–Crippen MR) is 89.9 cm³/mol. The Morgan fingerprint density at radius 1 is 1.35 bits per heavy atom. The number of halogens is 2. The number of pyridine rings is 1. The summed E-state index contributed by atoms with van der Waals surface area (Å²) in [6, 6.07) is 3.70. The third-order valence-corrected chi connectivity index (χ3v) is 3.45. The fourth-order valence-corrected chi connectivity index (χ4v) is 2.14. The molecule has 7 nitrogen and oxygen atoms in total. The predicted octanol–water partition coefficient (Wildman–Crippen LogP) is 1.73. The Labute approximate surface area is 148 Å². The number of aromatic nitrogens is 1. The van der Waals surface area contributed by atoms with Crippen molar-refractivity contribution in [1.29, 1.82) is 0 Å². The summed E-state index contributed by atoms with van der Waals surface area (Å²) in [7, 11) is 0. The highest BCUT2D eigenvalue weighted by Crippen LogP contribution is 2.27. The first kappa shape index (κ1) is 19.7. The molecule has 140 valence electrons. The third kappa shape index (κ3) is 4.72. The second kappa shape index (κ2) is 8.65. The Kier molecular flexibility index (Phi) is 6.56. The molecule has 26 heavy (non-hydrogen) atoms. The number of hydrogen-bond donors (Lipinski definition) is 4. The van der Waals surface area contributed by atoms with Crippen LogP contribution < -0.4 is 10.8 Å². The van der Waals surface area contributed by atoms with E-state index in [1.165, 1.54) is 0 Å². The van der Waals surface area contributed by atoms with Crippen molar-refractivity contribution < 1.29 is 28.6 Å². The number of aryl methyl sites for hydroxylation is 2. The molecule has 9 heteroatoms. The van der Waals surface area contributed by atoms with Crippen LogP contribution in [-0.4, -0.2) is 40.4 Å². The number of anilines is 2. The maximum atomic E-state index is 14.3. The van der Waals surface area contributed by atoms with Gasteiger partial charge >= 0.3 is 0 Å². The van der Waals surface area contributed by atoms with E-state index >= 15 is 0 Å². The Bertz CT molecular complexity index is 802. The lowest BCUT2D eigenvalue weighted by molar-refractivity contribution is -0.0295. The highest BCUT2D eigenvalue weighted by molar-refractivity contribution is 5.99. The molecule has 2 rings (SSSR count). The normalized spacial score (nSPS) is 11.9. The third-order valence-electron chi connectivity index (χ3n) is 3.45. The number of carbonyl (C=O) groups excluding carboxylic acids is 1. The molecular weight excluding hydrogens is 348 g/mol. The number of benzene rings is 1. The second-order valence-electron chi connectivity index (χ2n) is 5.67. The first-order valence-electron chi connectivity index (χ1n) is 7.72. The molecule has 0 fully saturated rings. The van der Waals surface area contributed by atoms with Crippen LogP contribution in [0, 0.1) is 25.5 Å². The number of carbonyl (C=O) groups is 1. The molecule has 0 bridgehead atoms.